The van der Waals surface area contributed by atoms with Crippen LogP contribution in [0.15, 0.2) is 66.3 Å². The summed E-state index contributed by atoms with van der Waals surface area (Å²) < 4.78 is 5.93. The molecule has 0 spiro atoms. The molecule has 2 aliphatic rings. The summed E-state index contributed by atoms with van der Waals surface area (Å²) in [5.41, 5.74) is 7.77. The van der Waals surface area contributed by atoms with Crippen molar-refractivity contribution in [1.82, 2.24) is 4.90 Å². The van der Waals surface area contributed by atoms with E-state index in [1.807, 2.05) is 44.2 Å². The number of ether oxygens (including phenoxy) is 1. The topological polar surface area (TPSA) is 55.6 Å². The third kappa shape index (κ3) is 3.29. The second kappa shape index (κ2) is 7.05. The number of carbonyl (C=O) groups excluding carboxylic acids is 1. The van der Waals surface area contributed by atoms with Crippen LogP contribution in [0.3, 0.4) is 0 Å². The fourth-order valence-corrected chi connectivity index (χ4v) is 3.42. The van der Waals surface area contributed by atoms with Gasteiger partial charge in [-0.05, 0) is 25.0 Å². The molecule has 0 fully saturated rings. The molecule has 1 aromatic rings. The maximum absolute atomic E-state index is 12.0. The van der Waals surface area contributed by atoms with Gasteiger partial charge < -0.3 is 15.4 Å². The van der Waals surface area contributed by atoms with Crippen LogP contribution < -0.4 is 5.73 Å². The van der Waals surface area contributed by atoms with E-state index in [1.165, 1.54) is 0 Å². The fourth-order valence-electron chi connectivity index (χ4n) is 3.42. The van der Waals surface area contributed by atoms with Crippen LogP contribution >= 0.6 is 0 Å². The Bertz CT molecular complexity index is 678. The minimum absolute atomic E-state index is 0.0637. The Hall–Kier alpha value is -2.33. The van der Waals surface area contributed by atoms with E-state index in [4.69, 9.17) is 10.5 Å². The second-order valence-corrected chi connectivity index (χ2v) is 6.23. The number of nitrogens with zero attached hydrogens (tertiary/aromatic N) is 1. The van der Waals surface area contributed by atoms with Crippen molar-refractivity contribution in [3.8, 4) is 0 Å². The molecule has 0 saturated heterocycles. The van der Waals surface area contributed by atoms with Crippen LogP contribution in [-0.2, 0) is 4.74 Å². The van der Waals surface area contributed by atoms with Gasteiger partial charge in [-0.2, -0.15) is 0 Å². The molecular formula is C20H24N2O2. The minimum Gasteiger partial charge on any atom is -0.366 e. The molecule has 4 unspecified atom stereocenters. The predicted octanol–water partition coefficient (Wildman–Crippen LogP) is 3.58. The highest BCUT2D eigenvalue weighted by atomic mass is 16.5. The normalized spacial score (nSPS) is 26.4. The monoisotopic (exact) mass is 324 g/mol. The van der Waals surface area contributed by atoms with Crippen molar-refractivity contribution >= 4 is 6.03 Å². The quantitative estimate of drug-likeness (QED) is 0.861. The summed E-state index contributed by atoms with van der Waals surface area (Å²) in [5, 5.41) is 0. The summed E-state index contributed by atoms with van der Waals surface area (Å²) >= 11 is 0. The van der Waals surface area contributed by atoms with Gasteiger partial charge >= 0.3 is 6.03 Å². The largest absolute Gasteiger partial charge is 0.366 e. The van der Waals surface area contributed by atoms with Crippen LogP contribution in [0.25, 0.3) is 0 Å². The van der Waals surface area contributed by atoms with Crippen LogP contribution in [0.2, 0.25) is 0 Å². The molecule has 1 heterocycles. The first-order valence-electron chi connectivity index (χ1n) is 8.45. The lowest BCUT2D eigenvalue weighted by molar-refractivity contribution is 0.0259. The van der Waals surface area contributed by atoms with Crippen molar-refractivity contribution in [2.75, 3.05) is 6.54 Å². The smallest absolute Gasteiger partial charge is 0.315 e. The van der Waals surface area contributed by atoms with E-state index in [0.717, 1.165) is 11.1 Å². The molecular weight excluding hydrogens is 300 g/mol. The number of carbonyl (C=O) groups is 1. The average Bonchev–Trinajstić information content (AvgIpc) is 2.59. The average molecular weight is 324 g/mol. The lowest BCUT2D eigenvalue weighted by atomic mass is 9.85. The molecule has 3 rings (SSSR count). The molecule has 4 nitrogen and oxygen atoms in total. The Morgan fingerprint density at radius 3 is 2.67 bits per heavy atom. The van der Waals surface area contributed by atoms with Crippen molar-refractivity contribution in [2.45, 2.75) is 32.1 Å². The van der Waals surface area contributed by atoms with Gasteiger partial charge in [-0.15, -0.1) is 0 Å². The van der Waals surface area contributed by atoms with Gasteiger partial charge in [0.1, 0.15) is 0 Å². The lowest BCUT2D eigenvalue weighted by Crippen LogP contribution is -2.40. The maximum Gasteiger partial charge on any atom is 0.315 e. The zero-order chi connectivity index (χ0) is 17.1. The highest BCUT2D eigenvalue weighted by molar-refractivity contribution is 5.73. The maximum atomic E-state index is 12.0. The third-order valence-corrected chi connectivity index (χ3v) is 4.59. The molecule has 24 heavy (non-hydrogen) atoms. The number of hydrogen-bond donors (Lipinski definition) is 1. The molecule has 0 saturated carbocycles. The Morgan fingerprint density at radius 1 is 1.25 bits per heavy atom. The summed E-state index contributed by atoms with van der Waals surface area (Å²) in [6.45, 7) is 4.54. The Balaban J connectivity index is 1.99. The number of hydrogen-bond acceptors (Lipinski definition) is 2. The van der Waals surface area contributed by atoms with Gasteiger partial charge in [0.15, 0.2) is 0 Å². The van der Waals surface area contributed by atoms with E-state index < -0.39 is 6.03 Å². The first-order valence-corrected chi connectivity index (χ1v) is 8.45. The standard InChI is InChI=1S/C20H24N2O2/c1-3-22(20(21)23)19(15-7-5-4-6-8-15)17-11-12-18-16(13-17)10-9-14(2)24-18/h4-14,16,18-19H,3H2,1-2H3,(H2,21,23). The highest BCUT2D eigenvalue weighted by Crippen LogP contribution is 2.35. The zero-order valence-corrected chi connectivity index (χ0v) is 14.1. The third-order valence-electron chi connectivity index (χ3n) is 4.59. The number of likely N-dealkylation sites (N-methyl/N-ethyl adjacent to an activating group) is 1. The molecule has 1 aliphatic carbocycles. The van der Waals surface area contributed by atoms with Gasteiger partial charge in [-0.25, -0.2) is 4.79 Å². The van der Waals surface area contributed by atoms with E-state index in [2.05, 4.69) is 30.4 Å². The van der Waals surface area contributed by atoms with E-state index in [0.29, 0.717) is 6.54 Å². The predicted molar refractivity (Wildman–Crippen MR) is 95.3 cm³/mol. The Morgan fingerprint density at radius 2 is 2.00 bits per heavy atom. The lowest BCUT2D eigenvalue weighted by Gasteiger charge is -2.35. The molecule has 1 aromatic carbocycles. The van der Waals surface area contributed by atoms with E-state index in [9.17, 15) is 4.79 Å². The molecule has 0 bridgehead atoms. The van der Waals surface area contributed by atoms with Crippen molar-refractivity contribution in [3.63, 3.8) is 0 Å². The Labute approximate surface area is 143 Å². The first-order chi connectivity index (χ1) is 11.6. The van der Waals surface area contributed by atoms with Crippen molar-refractivity contribution < 1.29 is 9.53 Å². The fraction of sp³-hybridized carbons (Fsp3) is 0.350. The summed E-state index contributed by atoms with van der Waals surface area (Å²) in [6.07, 6.45) is 10.8. The molecule has 4 heteroatoms. The molecule has 2 N–H and O–H groups in total. The molecule has 2 amide bonds. The van der Waals surface area contributed by atoms with Crippen LogP contribution in [-0.4, -0.2) is 29.7 Å². The summed E-state index contributed by atoms with van der Waals surface area (Å²) in [6, 6.07) is 9.42. The van der Waals surface area contributed by atoms with E-state index in [-0.39, 0.29) is 24.2 Å². The van der Waals surface area contributed by atoms with Crippen molar-refractivity contribution in [3.05, 3.63) is 71.8 Å². The van der Waals surface area contributed by atoms with Gasteiger partial charge in [0.25, 0.3) is 0 Å². The van der Waals surface area contributed by atoms with Gasteiger partial charge in [0.05, 0.1) is 18.2 Å². The van der Waals surface area contributed by atoms with E-state index in [1.54, 1.807) is 4.90 Å². The number of fused-ring (bicyclic) bond motifs is 1. The SMILES string of the molecule is CCN(C(N)=O)C(C1=CC2C=CC(C)OC2C=C1)c1ccccc1. The summed E-state index contributed by atoms with van der Waals surface area (Å²) in [5.74, 6) is 0.194. The molecule has 1 aliphatic heterocycles. The number of rotatable bonds is 4. The molecule has 126 valence electrons. The molecule has 0 radical (unpaired) electrons. The van der Waals surface area contributed by atoms with Gasteiger partial charge in [0, 0.05) is 12.5 Å². The van der Waals surface area contributed by atoms with Gasteiger partial charge in [-0.1, -0.05) is 60.7 Å². The van der Waals surface area contributed by atoms with Crippen molar-refractivity contribution in [2.24, 2.45) is 11.7 Å². The van der Waals surface area contributed by atoms with Crippen LogP contribution in [0.1, 0.15) is 25.5 Å². The minimum atomic E-state index is -0.410. The number of amides is 2. The van der Waals surface area contributed by atoms with E-state index >= 15 is 0 Å². The van der Waals surface area contributed by atoms with Crippen LogP contribution in [0.4, 0.5) is 4.79 Å². The number of urea groups is 1. The van der Waals surface area contributed by atoms with Crippen molar-refractivity contribution in [1.29, 1.82) is 0 Å². The number of primary amides is 1. The van der Waals surface area contributed by atoms with Gasteiger partial charge in [-0.3, -0.25) is 0 Å². The molecule has 4 atom stereocenters. The van der Waals surface area contributed by atoms with Gasteiger partial charge in [0.2, 0.25) is 0 Å². The Kier molecular flexibility index (Phi) is 4.86. The van der Waals surface area contributed by atoms with Crippen LogP contribution in [0.5, 0.6) is 0 Å². The zero-order valence-electron chi connectivity index (χ0n) is 14.1. The summed E-state index contributed by atoms with van der Waals surface area (Å²) in [7, 11) is 0. The van der Waals surface area contributed by atoms with Crippen LogP contribution in [0, 0.1) is 5.92 Å². The first kappa shape index (κ1) is 16.5. The highest BCUT2D eigenvalue weighted by Gasteiger charge is 2.30. The number of benzene rings is 1. The second-order valence-electron chi connectivity index (χ2n) is 6.23. The summed E-state index contributed by atoms with van der Waals surface area (Å²) in [4.78, 5) is 13.7. The number of nitrogens with two attached hydrogens (primary N) is 1. The molecule has 0 aromatic heterocycles.